The van der Waals surface area contributed by atoms with Gasteiger partial charge in [-0.3, -0.25) is 4.79 Å². The zero-order chi connectivity index (χ0) is 16.5. The Labute approximate surface area is 124 Å². The molecule has 22 heavy (non-hydrogen) atoms. The normalized spacial score (nSPS) is 18.4. The third-order valence-electron chi connectivity index (χ3n) is 3.45. The van der Waals surface area contributed by atoms with Crippen molar-refractivity contribution in [3.05, 3.63) is 29.3 Å². The van der Waals surface area contributed by atoms with Crippen LogP contribution in [0.1, 0.15) is 28.8 Å². The second kappa shape index (κ2) is 5.86. The molecule has 1 aromatic carbocycles. The summed E-state index contributed by atoms with van der Waals surface area (Å²) in [6.45, 7) is 1.70. The number of benzene rings is 1. The lowest BCUT2D eigenvalue weighted by Crippen LogP contribution is -2.40. The summed E-state index contributed by atoms with van der Waals surface area (Å²) < 4.78 is 40.4. The Balaban J connectivity index is 2.21. The van der Waals surface area contributed by atoms with Gasteiger partial charge >= 0.3 is 12.3 Å². The van der Waals surface area contributed by atoms with E-state index in [1.54, 1.807) is 0 Å². The summed E-state index contributed by atoms with van der Waals surface area (Å²) in [6, 6.07) is 2.63. The highest BCUT2D eigenvalue weighted by molar-refractivity contribution is 5.97. The topological polar surface area (TPSA) is 66.8 Å². The summed E-state index contributed by atoms with van der Waals surface area (Å²) in [5.74, 6) is -1.98. The quantitative estimate of drug-likeness (QED) is 0.930. The van der Waals surface area contributed by atoms with Gasteiger partial charge in [0.2, 0.25) is 0 Å². The van der Waals surface area contributed by atoms with E-state index in [9.17, 15) is 22.8 Å². The van der Waals surface area contributed by atoms with Crippen molar-refractivity contribution in [2.24, 2.45) is 0 Å². The van der Waals surface area contributed by atoms with E-state index in [4.69, 9.17) is 5.11 Å². The largest absolute Gasteiger partial charge is 0.573 e. The second-order valence-electron chi connectivity index (χ2n) is 5.02. The molecule has 1 heterocycles. The molecule has 0 bridgehead atoms. The molecule has 5 nitrogen and oxygen atoms in total. The Morgan fingerprint density at radius 2 is 2.05 bits per heavy atom. The fourth-order valence-corrected chi connectivity index (χ4v) is 2.45. The van der Waals surface area contributed by atoms with Gasteiger partial charge in [-0.1, -0.05) is 0 Å². The van der Waals surface area contributed by atoms with Crippen molar-refractivity contribution >= 4 is 11.9 Å². The number of halogens is 3. The first-order chi connectivity index (χ1) is 10.2. The molecule has 1 aliphatic rings. The van der Waals surface area contributed by atoms with E-state index < -0.39 is 24.3 Å². The lowest BCUT2D eigenvalue weighted by atomic mass is 10.1. The van der Waals surface area contributed by atoms with Gasteiger partial charge in [0.1, 0.15) is 11.8 Å². The van der Waals surface area contributed by atoms with Crippen molar-refractivity contribution in [3.63, 3.8) is 0 Å². The number of hydrogen-bond donors (Lipinski definition) is 1. The third kappa shape index (κ3) is 3.49. The molecule has 1 aliphatic heterocycles. The zero-order valence-electron chi connectivity index (χ0n) is 11.7. The van der Waals surface area contributed by atoms with Crippen LogP contribution in [0, 0.1) is 6.92 Å². The summed E-state index contributed by atoms with van der Waals surface area (Å²) in [5, 5.41) is 9.07. The first-order valence-corrected chi connectivity index (χ1v) is 6.59. The first kappa shape index (κ1) is 16.1. The number of amides is 1. The summed E-state index contributed by atoms with van der Waals surface area (Å²) in [6.07, 6.45) is -3.86. The molecule has 1 aromatic rings. The molecule has 1 N–H and O–H groups in total. The van der Waals surface area contributed by atoms with Crippen LogP contribution in [0.2, 0.25) is 0 Å². The predicted octanol–water partition coefficient (Wildman–Crippen LogP) is 2.58. The minimum Gasteiger partial charge on any atom is -0.480 e. The number of nitrogens with zero attached hydrogens (tertiary/aromatic N) is 1. The van der Waals surface area contributed by atoms with Crippen LogP contribution in [0.15, 0.2) is 18.2 Å². The van der Waals surface area contributed by atoms with Crippen molar-refractivity contribution in [1.82, 2.24) is 4.90 Å². The number of likely N-dealkylation sites (tertiary alicyclic amines) is 1. The van der Waals surface area contributed by atoms with Crippen LogP contribution in [-0.2, 0) is 4.79 Å². The minimum absolute atomic E-state index is 0.139. The van der Waals surface area contributed by atoms with Gasteiger partial charge in [-0.2, -0.15) is 0 Å². The number of carboxylic acids is 1. The lowest BCUT2D eigenvalue weighted by Gasteiger charge is -2.22. The fourth-order valence-electron chi connectivity index (χ4n) is 2.45. The van der Waals surface area contributed by atoms with E-state index >= 15 is 0 Å². The summed E-state index contributed by atoms with van der Waals surface area (Å²) in [5.41, 5.74) is 0.287. The number of aliphatic carboxylic acids is 1. The number of aryl methyl sites for hydroxylation is 1. The Morgan fingerprint density at radius 1 is 1.36 bits per heavy atom. The van der Waals surface area contributed by atoms with Crippen molar-refractivity contribution in [1.29, 1.82) is 0 Å². The summed E-state index contributed by atoms with van der Waals surface area (Å²) in [7, 11) is 0. The van der Waals surface area contributed by atoms with Crippen molar-refractivity contribution in [3.8, 4) is 5.75 Å². The number of carbonyl (C=O) groups is 2. The number of rotatable bonds is 3. The van der Waals surface area contributed by atoms with Gasteiger partial charge in [-0.05, 0) is 43.5 Å². The smallest absolute Gasteiger partial charge is 0.480 e. The van der Waals surface area contributed by atoms with Crippen LogP contribution in [0.25, 0.3) is 0 Å². The average molecular weight is 317 g/mol. The van der Waals surface area contributed by atoms with Gasteiger partial charge in [0.15, 0.2) is 0 Å². The second-order valence-corrected chi connectivity index (χ2v) is 5.02. The third-order valence-corrected chi connectivity index (χ3v) is 3.45. The Kier molecular flexibility index (Phi) is 4.30. The Morgan fingerprint density at radius 3 is 2.59 bits per heavy atom. The van der Waals surface area contributed by atoms with E-state index in [-0.39, 0.29) is 16.9 Å². The van der Waals surface area contributed by atoms with E-state index in [0.717, 1.165) is 6.07 Å². The van der Waals surface area contributed by atoms with Gasteiger partial charge in [-0.15, -0.1) is 13.2 Å². The van der Waals surface area contributed by atoms with Crippen molar-refractivity contribution in [2.75, 3.05) is 6.54 Å². The van der Waals surface area contributed by atoms with Gasteiger partial charge in [0.25, 0.3) is 5.91 Å². The molecule has 1 fully saturated rings. The minimum atomic E-state index is -4.81. The summed E-state index contributed by atoms with van der Waals surface area (Å²) in [4.78, 5) is 24.6. The van der Waals surface area contributed by atoms with Crippen LogP contribution in [0.4, 0.5) is 13.2 Å². The average Bonchev–Trinajstić information content (AvgIpc) is 2.88. The monoisotopic (exact) mass is 317 g/mol. The van der Waals surface area contributed by atoms with Crippen LogP contribution in [-0.4, -0.2) is 40.8 Å². The number of carboxylic acid groups (broad SMARTS) is 1. The molecule has 1 saturated heterocycles. The van der Waals surface area contributed by atoms with E-state index in [1.807, 2.05) is 0 Å². The molecule has 0 aromatic heterocycles. The highest BCUT2D eigenvalue weighted by Gasteiger charge is 2.35. The molecule has 0 aliphatic carbocycles. The molecule has 0 spiro atoms. The molecule has 0 radical (unpaired) electrons. The molecule has 0 saturated carbocycles. The van der Waals surface area contributed by atoms with Gasteiger partial charge < -0.3 is 14.7 Å². The first-order valence-electron chi connectivity index (χ1n) is 6.59. The van der Waals surface area contributed by atoms with E-state index in [0.29, 0.717) is 19.4 Å². The van der Waals surface area contributed by atoms with Crippen molar-refractivity contribution < 1.29 is 32.6 Å². The SMILES string of the molecule is Cc1cc(C(=O)N2CCCC2C(=O)O)ccc1OC(F)(F)F. The van der Waals surface area contributed by atoms with E-state index in [1.165, 1.54) is 24.0 Å². The molecular weight excluding hydrogens is 303 g/mol. The number of carbonyl (C=O) groups excluding carboxylic acids is 1. The van der Waals surface area contributed by atoms with Crippen LogP contribution in [0.3, 0.4) is 0 Å². The fraction of sp³-hybridized carbons (Fsp3) is 0.429. The maximum absolute atomic E-state index is 12.3. The molecule has 1 unspecified atom stereocenters. The molecular formula is C14H14F3NO4. The lowest BCUT2D eigenvalue weighted by molar-refractivity contribution is -0.274. The maximum Gasteiger partial charge on any atom is 0.573 e. The molecule has 120 valence electrons. The maximum atomic E-state index is 12.3. The van der Waals surface area contributed by atoms with Crippen LogP contribution < -0.4 is 4.74 Å². The standard InChI is InChI=1S/C14H14F3NO4/c1-8-7-9(4-5-11(8)22-14(15,16)17)12(19)18-6-2-3-10(18)13(20)21/h4-5,7,10H,2-3,6H2,1H3,(H,20,21). The molecule has 2 rings (SSSR count). The number of ether oxygens (including phenoxy) is 1. The van der Waals surface area contributed by atoms with Gasteiger partial charge in [0.05, 0.1) is 0 Å². The van der Waals surface area contributed by atoms with Crippen LogP contribution in [0.5, 0.6) is 5.75 Å². The predicted molar refractivity (Wildman–Crippen MR) is 69.6 cm³/mol. The highest BCUT2D eigenvalue weighted by atomic mass is 19.4. The van der Waals surface area contributed by atoms with Crippen LogP contribution >= 0.6 is 0 Å². The Bertz CT molecular complexity index is 600. The van der Waals surface area contributed by atoms with Gasteiger partial charge in [-0.25, -0.2) is 4.79 Å². The Hall–Kier alpha value is -2.25. The molecule has 1 amide bonds. The number of hydrogen-bond acceptors (Lipinski definition) is 3. The zero-order valence-corrected chi connectivity index (χ0v) is 11.7. The molecule has 8 heteroatoms. The highest BCUT2D eigenvalue weighted by Crippen LogP contribution is 2.28. The van der Waals surface area contributed by atoms with Crippen molar-refractivity contribution in [2.45, 2.75) is 32.2 Å². The summed E-state index contributed by atoms with van der Waals surface area (Å²) >= 11 is 0. The van der Waals surface area contributed by atoms with Gasteiger partial charge in [0, 0.05) is 12.1 Å². The van der Waals surface area contributed by atoms with E-state index in [2.05, 4.69) is 4.74 Å². The number of alkyl halides is 3. The molecule has 1 atom stereocenters.